The molecule has 1 amide bonds. The van der Waals surface area contributed by atoms with Crippen molar-refractivity contribution < 1.29 is 14.7 Å². The number of rotatable bonds is 8. The standard InChI is InChI=1S/C14H24N4O3/c1-5-6-11-12(14(20)21)16-17-18(11)10(4)13(19)15-8-7-9(2)3/h9-10H,5-8H2,1-4H3,(H,15,19)(H,20,21). The Morgan fingerprint density at radius 2 is 2.00 bits per heavy atom. The van der Waals surface area contributed by atoms with E-state index in [1.54, 1.807) is 6.92 Å². The van der Waals surface area contributed by atoms with Gasteiger partial charge in [-0.1, -0.05) is 32.4 Å². The number of nitrogens with zero attached hydrogens (tertiary/aromatic N) is 3. The molecule has 0 radical (unpaired) electrons. The van der Waals surface area contributed by atoms with Crippen LogP contribution in [0.15, 0.2) is 0 Å². The number of aromatic carboxylic acids is 1. The first-order valence-corrected chi connectivity index (χ1v) is 7.33. The molecule has 0 aromatic carbocycles. The van der Waals surface area contributed by atoms with Gasteiger partial charge < -0.3 is 10.4 Å². The van der Waals surface area contributed by atoms with E-state index in [0.717, 1.165) is 12.8 Å². The quantitative estimate of drug-likeness (QED) is 0.760. The average Bonchev–Trinajstić information content (AvgIpc) is 2.81. The second kappa shape index (κ2) is 7.75. The molecule has 1 unspecified atom stereocenters. The Bertz CT molecular complexity index is 496. The van der Waals surface area contributed by atoms with Gasteiger partial charge in [-0.25, -0.2) is 9.48 Å². The molecular formula is C14H24N4O3. The molecule has 0 aliphatic carbocycles. The summed E-state index contributed by atoms with van der Waals surface area (Å²) >= 11 is 0. The molecule has 118 valence electrons. The molecule has 2 N–H and O–H groups in total. The fourth-order valence-corrected chi connectivity index (χ4v) is 2.00. The van der Waals surface area contributed by atoms with Crippen molar-refractivity contribution in [1.82, 2.24) is 20.3 Å². The van der Waals surface area contributed by atoms with Crippen molar-refractivity contribution in [3.63, 3.8) is 0 Å². The highest BCUT2D eigenvalue weighted by Gasteiger charge is 2.24. The number of hydrogen-bond donors (Lipinski definition) is 2. The monoisotopic (exact) mass is 296 g/mol. The largest absolute Gasteiger partial charge is 0.476 e. The Hall–Kier alpha value is -1.92. The molecule has 0 aliphatic heterocycles. The van der Waals surface area contributed by atoms with Gasteiger partial charge in [-0.15, -0.1) is 5.10 Å². The molecule has 1 atom stereocenters. The number of carboxylic acid groups (broad SMARTS) is 1. The molecule has 21 heavy (non-hydrogen) atoms. The summed E-state index contributed by atoms with van der Waals surface area (Å²) in [7, 11) is 0. The lowest BCUT2D eigenvalue weighted by molar-refractivity contribution is -0.124. The van der Waals surface area contributed by atoms with Crippen molar-refractivity contribution in [1.29, 1.82) is 0 Å². The molecule has 0 fully saturated rings. The van der Waals surface area contributed by atoms with E-state index in [1.165, 1.54) is 4.68 Å². The Labute approximate surface area is 124 Å². The molecule has 1 aromatic rings. The SMILES string of the molecule is CCCc1c(C(=O)O)nnn1C(C)C(=O)NCCC(C)C. The summed E-state index contributed by atoms with van der Waals surface area (Å²) in [6.45, 7) is 8.42. The Morgan fingerprint density at radius 3 is 2.52 bits per heavy atom. The van der Waals surface area contributed by atoms with Crippen molar-refractivity contribution in [2.45, 2.75) is 53.0 Å². The molecule has 0 aliphatic rings. The van der Waals surface area contributed by atoms with Crippen molar-refractivity contribution in [3.8, 4) is 0 Å². The van der Waals surface area contributed by atoms with Crippen LogP contribution < -0.4 is 5.32 Å². The molecule has 7 nitrogen and oxygen atoms in total. The van der Waals surface area contributed by atoms with Crippen LogP contribution in [0.5, 0.6) is 0 Å². The molecule has 0 saturated carbocycles. The number of carbonyl (C=O) groups excluding carboxylic acids is 1. The van der Waals surface area contributed by atoms with Gasteiger partial charge in [-0.3, -0.25) is 4.79 Å². The van der Waals surface area contributed by atoms with Crippen molar-refractivity contribution in [2.75, 3.05) is 6.54 Å². The summed E-state index contributed by atoms with van der Waals surface area (Å²) in [6, 6.07) is -0.570. The zero-order chi connectivity index (χ0) is 16.0. The van der Waals surface area contributed by atoms with E-state index < -0.39 is 12.0 Å². The predicted octanol–water partition coefficient (Wildman–Crippen LogP) is 1.65. The zero-order valence-corrected chi connectivity index (χ0v) is 13.1. The Kier molecular flexibility index (Phi) is 6.33. The highest BCUT2D eigenvalue weighted by atomic mass is 16.4. The normalized spacial score (nSPS) is 12.4. The van der Waals surface area contributed by atoms with Crippen LogP contribution in [0.25, 0.3) is 0 Å². The number of aromatic nitrogens is 3. The fraction of sp³-hybridized carbons (Fsp3) is 0.714. The van der Waals surface area contributed by atoms with Gasteiger partial charge in [0.2, 0.25) is 5.91 Å². The first-order chi connectivity index (χ1) is 9.88. The van der Waals surface area contributed by atoms with Crippen LogP contribution in [0.4, 0.5) is 0 Å². The lowest BCUT2D eigenvalue weighted by Gasteiger charge is -2.15. The summed E-state index contributed by atoms with van der Waals surface area (Å²) in [6.07, 6.45) is 2.19. The number of amides is 1. The second-order valence-corrected chi connectivity index (χ2v) is 5.53. The molecule has 0 bridgehead atoms. The predicted molar refractivity (Wildman–Crippen MR) is 78.2 cm³/mol. The van der Waals surface area contributed by atoms with Crippen molar-refractivity contribution >= 4 is 11.9 Å². The summed E-state index contributed by atoms with van der Waals surface area (Å²) in [5.74, 6) is -0.770. The number of hydrogen-bond acceptors (Lipinski definition) is 4. The van der Waals surface area contributed by atoms with Gasteiger partial charge in [0, 0.05) is 6.54 Å². The summed E-state index contributed by atoms with van der Waals surface area (Å²) in [5, 5.41) is 19.5. The maximum absolute atomic E-state index is 12.1. The van der Waals surface area contributed by atoms with E-state index in [9.17, 15) is 9.59 Å². The molecule has 0 spiro atoms. The van der Waals surface area contributed by atoms with Crippen LogP contribution in [-0.2, 0) is 11.2 Å². The average molecular weight is 296 g/mol. The van der Waals surface area contributed by atoms with E-state index in [4.69, 9.17) is 5.11 Å². The first-order valence-electron chi connectivity index (χ1n) is 7.33. The zero-order valence-electron chi connectivity index (χ0n) is 13.1. The topological polar surface area (TPSA) is 97.1 Å². The maximum Gasteiger partial charge on any atom is 0.358 e. The minimum Gasteiger partial charge on any atom is -0.476 e. The third-order valence-electron chi connectivity index (χ3n) is 3.25. The second-order valence-electron chi connectivity index (χ2n) is 5.53. The smallest absolute Gasteiger partial charge is 0.358 e. The van der Waals surface area contributed by atoms with E-state index >= 15 is 0 Å². The minimum atomic E-state index is -1.11. The van der Waals surface area contributed by atoms with E-state index in [2.05, 4.69) is 29.5 Å². The van der Waals surface area contributed by atoms with Gasteiger partial charge in [-0.2, -0.15) is 0 Å². The summed E-state index contributed by atoms with van der Waals surface area (Å²) in [4.78, 5) is 23.2. The summed E-state index contributed by atoms with van der Waals surface area (Å²) in [5.41, 5.74) is 0.426. The van der Waals surface area contributed by atoms with E-state index in [-0.39, 0.29) is 11.6 Å². The van der Waals surface area contributed by atoms with Gasteiger partial charge in [0.25, 0.3) is 0 Å². The lowest BCUT2D eigenvalue weighted by Crippen LogP contribution is -2.33. The van der Waals surface area contributed by atoms with E-state index in [0.29, 0.717) is 24.6 Å². The minimum absolute atomic E-state index is 0.0707. The molecule has 1 heterocycles. The Balaban J connectivity index is 2.83. The van der Waals surface area contributed by atoms with Gasteiger partial charge in [-0.05, 0) is 25.7 Å². The van der Waals surface area contributed by atoms with Crippen LogP contribution >= 0.6 is 0 Å². The Morgan fingerprint density at radius 1 is 1.33 bits per heavy atom. The van der Waals surface area contributed by atoms with Crippen molar-refractivity contribution in [2.24, 2.45) is 5.92 Å². The number of carboxylic acids is 1. The fourth-order valence-electron chi connectivity index (χ4n) is 2.00. The van der Waals surface area contributed by atoms with Crippen LogP contribution in [0.2, 0.25) is 0 Å². The molecule has 1 aromatic heterocycles. The van der Waals surface area contributed by atoms with Gasteiger partial charge in [0.15, 0.2) is 5.69 Å². The first kappa shape index (κ1) is 17.1. The van der Waals surface area contributed by atoms with Crippen molar-refractivity contribution in [3.05, 3.63) is 11.4 Å². The van der Waals surface area contributed by atoms with Crippen LogP contribution in [0, 0.1) is 5.92 Å². The van der Waals surface area contributed by atoms with Gasteiger partial charge >= 0.3 is 5.97 Å². The van der Waals surface area contributed by atoms with Crippen LogP contribution in [0.3, 0.4) is 0 Å². The number of nitrogens with one attached hydrogen (secondary N) is 1. The third-order valence-corrected chi connectivity index (χ3v) is 3.25. The molecule has 7 heteroatoms. The van der Waals surface area contributed by atoms with Crippen LogP contribution in [0.1, 0.15) is 62.8 Å². The lowest BCUT2D eigenvalue weighted by atomic mass is 10.1. The van der Waals surface area contributed by atoms with Gasteiger partial charge in [0.05, 0.1) is 5.69 Å². The molecular weight excluding hydrogens is 272 g/mol. The summed E-state index contributed by atoms with van der Waals surface area (Å²) < 4.78 is 1.41. The molecule has 1 rings (SSSR count). The maximum atomic E-state index is 12.1. The van der Waals surface area contributed by atoms with Gasteiger partial charge in [0.1, 0.15) is 6.04 Å². The highest BCUT2D eigenvalue weighted by molar-refractivity contribution is 5.87. The van der Waals surface area contributed by atoms with E-state index in [1.807, 2.05) is 6.92 Å². The highest BCUT2D eigenvalue weighted by Crippen LogP contribution is 2.14. The molecule has 0 saturated heterocycles. The third kappa shape index (κ3) is 4.54. The number of carbonyl (C=O) groups is 2. The van der Waals surface area contributed by atoms with Crippen LogP contribution in [-0.4, -0.2) is 38.5 Å².